The molecule has 2 rings (SSSR count). The normalized spacial score (nSPS) is 14.0. The van der Waals surface area contributed by atoms with Crippen molar-refractivity contribution in [2.24, 2.45) is 0 Å². The number of hydrogen-bond donors (Lipinski definition) is 1. The number of hydrogen-bond acceptors (Lipinski definition) is 4. The smallest absolute Gasteiger partial charge is 0.292 e. The van der Waals surface area contributed by atoms with Gasteiger partial charge in [0, 0.05) is 0 Å². The minimum absolute atomic E-state index is 0.384. The molecule has 0 saturated carbocycles. The van der Waals surface area contributed by atoms with Crippen LogP contribution >= 0.6 is 11.3 Å². The Morgan fingerprint density at radius 3 is 2.78 bits per heavy atom. The lowest BCUT2D eigenvalue weighted by Gasteiger charge is -2.12. The Labute approximate surface area is 106 Å². The van der Waals surface area contributed by atoms with Gasteiger partial charge in [-0.25, -0.2) is 4.98 Å². The number of nitrogens with one attached hydrogen (secondary N) is 1. The zero-order chi connectivity index (χ0) is 13.2. The summed E-state index contributed by atoms with van der Waals surface area (Å²) in [6.07, 6.45) is -4.33. The summed E-state index contributed by atoms with van der Waals surface area (Å²) in [6.45, 7) is 0.385. The molecule has 1 N–H and O–H groups in total. The Kier molecular flexibility index (Phi) is 3.84. The number of rotatable bonds is 4. The monoisotopic (exact) mass is 276 g/mol. The Balaban J connectivity index is 1.98. The van der Waals surface area contributed by atoms with Crippen molar-refractivity contribution in [1.29, 1.82) is 0 Å². The number of fused-ring (bicyclic) bond motifs is 1. The predicted molar refractivity (Wildman–Crippen MR) is 63.2 cm³/mol. The van der Waals surface area contributed by atoms with E-state index >= 15 is 0 Å². The van der Waals surface area contributed by atoms with Gasteiger partial charge in [-0.05, 0) is 19.1 Å². The number of thiazole rings is 1. The van der Waals surface area contributed by atoms with E-state index in [1.165, 1.54) is 11.3 Å². The number of hydroxylamine groups is 1. The fourth-order valence-electron chi connectivity index (χ4n) is 1.37. The number of alkyl halides is 3. The van der Waals surface area contributed by atoms with Crippen molar-refractivity contribution in [3.05, 3.63) is 29.3 Å². The highest BCUT2D eigenvalue weighted by Gasteiger charge is 2.28. The van der Waals surface area contributed by atoms with Gasteiger partial charge in [0.15, 0.2) is 6.61 Å². The second kappa shape index (κ2) is 5.21. The van der Waals surface area contributed by atoms with E-state index in [0.717, 1.165) is 10.2 Å². The average Bonchev–Trinajstić information content (AvgIpc) is 2.70. The van der Waals surface area contributed by atoms with Crippen molar-refractivity contribution in [3.63, 3.8) is 0 Å². The third kappa shape index (κ3) is 3.41. The lowest BCUT2D eigenvalue weighted by Crippen LogP contribution is -2.26. The lowest BCUT2D eigenvalue weighted by atomic mass is 10.3. The summed E-state index contributed by atoms with van der Waals surface area (Å²) in [4.78, 5) is 8.72. The molecule has 1 atom stereocenters. The summed E-state index contributed by atoms with van der Waals surface area (Å²) < 4.78 is 36.7. The highest BCUT2D eigenvalue weighted by Crippen LogP contribution is 2.26. The van der Waals surface area contributed by atoms with E-state index < -0.39 is 12.8 Å². The molecule has 1 heterocycles. The van der Waals surface area contributed by atoms with E-state index in [0.29, 0.717) is 5.01 Å². The lowest BCUT2D eigenvalue weighted by molar-refractivity contribution is -0.192. The summed E-state index contributed by atoms with van der Waals surface area (Å²) in [7, 11) is 0. The molecule has 0 aliphatic carbocycles. The minimum Gasteiger partial charge on any atom is -0.292 e. The molecule has 0 spiro atoms. The average molecular weight is 276 g/mol. The number of halogens is 3. The molecule has 1 unspecified atom stereocenters. The summed E-state index contributed by atoms with van der Waals surface area (Å²) >= 11 is 1.43. The molecule has 3 nitrogen and oxygen atoms in total. The van der Waals surface area contributed by atoms with E-state index in [2.05, 4.69) is 15.3 Å². The van der Waals surface area contributed by atoms with Gasteiger partial charge in [0.1, 0.15) is 5.01 Å². The van der Waals surface area contributed by atoms with Gasteiger partial charge in [-0.1, -0.05) is 12.1 Å². The molecular formula is C11H11F3N2OS. The third-order valence-corrected chi connectivity index (χ3v) is 3.40. The molecule has 2 aromatic rings. The quantitative estimate of drug-likeness (QED) is 0.869. The van der Waals surface area contributed by atoms with Gasteiger partial charge in [-0.2, -0.15) is 18.7 Å². The fourth-order valence-corrected chi connectivity index (χ4v) is 2.33. The highest BCUT2D eigenvalue weighted by atomic mass is 32.1. The maximum Gasteiger partial charge on any atom is 0.413 e. The molecule has 0 radical (unpaired) electrons. The molecule has 0 fully saturated rings. The molecule has 7 heteroatoms. The first-order valence-electron chi connectivity index (χ1n) is 5.25. The molecule has 1 aromatic carbocycles. The van der Waals surface area contributed by atoms with Crippen LogP contribution in [0.2, 0.25) is 0 Å². The van der Waals surface area contributed by atoms with Crippen molar-refractivity contribution >= 4 is 21.6 Å². The van der Waals surface area contributed by atoms with Gasteiger partial charge in [-0.3, -0.25) is 4.84 Å². The van der Waals surface area contributed by atoms with Crippen LogP contribution in [0, 0.1) is 0 Å². The molecular weight excluding hydrogens is 265 g/mol. The van der Waals surface area contributed by atoms with Crippen molar-refractivity contribution in [2.75, 3.05) is 6.61 Å². The second-order valence-corrected chi connectivity index (χ2v) is 4.83. The summed E-state index contributed by atoms with van der Waals surface area (Å²) in [6, 6.07) is 7.15. The first-order valence-corrected chi connectivity index (χ1v) is 6.07. The predicted octanol–water partition coefficient (Wildman–Crippen LogP) is 3.44. The van der Waals surface area contributed by atoms with Gasteiger partial charge in [-0.15, -0.1) is 11.3 Å². The van der Waals surface area contributed by atoms with E-state index in [1.807, 2.05) is 24.3 Å². The van der Waals surface area contributed by atoms with E-state index in [4.69, 9.17) is 0 Å². The Morgan fingerprint density at radius 2 is 2.11 bits per heavy atom. The Morgan fingerprint density at radius 1 is 1.39 bits per heavy atom. The fraction of sp³-hybridized carbons (Fsp3) is 0.364. The number of aromatic nitrogens is 1. The van der Waals surface area contributed by atoms with Crippen LogP contribution in [0.15, 0.2) is 24.3 Å². The van der Waals surface area contributed by atoms with Crippen LogP contribution in [-0.4, -0.2) is 17.8 Å². The van der Waals surface area contributed by atoms with E-state index in [-0.39, 0.29) is 6.04 Å². The maximum atomic E-state index is 11.9. The van der Waals surface area contributed by atoms with Crippen molar-refractivity contribution in [1.82, 2.24) is 10.5 Å². The zero-order valence-corrected chi connectivity index (χ0v) is 10.3. The molecule has 1 aromatic heterocycles. The molecule has 0 aliphatic heterocycles. The molecule has 0 amide bonds. The Bertz CT molecular complexity index is 493. The van der Waals surface area contributed by atoms with Crippen LogP contribution in [0.5, 0.6) is 0 Å². The largest absolute Gasteiger partial charge is 0.413 e. The van der Waals surface area contributed by atoms with E-state index in [9.17, 15) is 13.2 Å². The second-order valence-electron chi connectivity index (χ2n) is 3.76. The molecule has 0 saturated heterocycles. The van der Waals surface area contributed by atoms with Crippen LogP contribution in [0.25, 0.3) is 10.2 Å². The van der Waals surface area contributed by atoms with Gasteiger partial charge in [0.05, 0.1) is 16.3 Å². The van der Waals surface area contributed by atoms with Crippen molar-refractivity contribution in [3.8, 4) is 0 Å². The van der Waals surface area contributed by atoms with Gasteiger partial charge >= 0.3 is 6.18 Å². The van der Waals surface area contributed by atoms with Crippen LogP contribution in [-0.2, 0) is 4.84 Å². The highest BCUT2D eigenvalue weighted by molar-refractivity contribution is 7.18. The van der Waals surface area contributed by atoms with Gasteiger partial charge in [0.25, 0.3) is 0 Å². The van der Waals surface area contributed by atoms with Gasteiger partial charge in [0.2, 0.25) is 0 Å². The number of benzene rings is 1. The van der Waals surface area contributed by atoms with E-state index in [1.54, 1.807) is 6.92 Å². The van der Waals surface area contributed by atoms with Crippen LogP contribution < -0.4 is 5.48 Å². The third-order valence-electron chi connectivity index (χ3n) is 2.18. The number of para-hydroxylation sites is 1. The topological polar surface area (TPSA) is 34.1 Å². The standard InChI is InChI=1S/C11H11F3N2OS/c1-7(16-17-6-11(12,13)14)10-15-8-4-2-3-5-9(8)18-10/h2-5,7,16H,6H2,1H3. The first-order chi connectivity index (χ1) is 8.46. The van der Waals surface area contributed by atoms with Crippen LogP contribution in [0.1, 0.15) is 18.0 Å². The Hall–Kier alpha value is -1.18. The molecule has 0 aliphatic rings. The van der Waals surface area contributed by atoms with Crippen molar-refractivity contribution < 1.29 is 18.0 Å². The SMILES string of the molecule is CC(NOCC(F)(F)F)c1nc2ccccc2s1. The van der Waals surface area contributed by atoms with Crippen molar-refractivity contribution in [2.45, 2.75) is 19.1 Å². The first kappa shape index (κ1) is 13.3. The zero-order valence-electron chi connectivity index (χ0n) is 9.49. The minimum atomic E-state index is -4.33. The maximum absolute atomic E-state index is 11.9. The molecule has 18 heavy (non-hydrogen) atoms. The summed E-state index contributed by atoms with van der Waals surface area (Å²) in [5.74, 6) is 0. The summed E-state index contributed by atoms with van der Waals surface area (Å²) in [5, 5.41) is 0.693. The molecule has 0 bridgehead atoms. The van der Waals surface area contributed by atoms with Crippen LogP contribution in [0.4, 0.5) is 13.2 Å². The molecule has 98 valence electrons. The van der Waals surface area contributed by atoms with Crippen LogP contribution in [0.3, 0.4) is 0 Å². The summed E-state index contributed by atoms with van der Waals surface area (Å²) in [5.41, 5.74) is 3.18. The number of nitrogens with zero attached hydrogens (tertiary/aromatic N) is 1. The van der Waals surface area contributed by atoms with Gasteiger partial charge < -0.3 is 0 Å².